The number of benzene rings is 2. The molecule has 5 nitrogen and oxygen atoms in total. The van der Waals surface area contributed by atoms with Crippen LogP contribution in [0.15, 0.2) is 35.2 Å². The van der Waals surface area contributed by atoms with Crippen molar-refractivity contribution >= 4 is 32.5 Å². The first-order valence-corrected chi connectivity index (χ1v) is 14.3. The molecule has 1 N–H and O–H groups in total. The lowest BCUT2D eigenvalue weighted by Gasteiger charge is -2.16. The highest BCUT2D eigenvalue weighted by molar-refractivity contribution is 7.85. The zero-order chi connectivity index (χ0) is 25.0. The molecule has 0 radical (unpaired) electrons. The Morgan fingerprint density at radius 3 is 1.76 bits per heavy atom. The van der Waals surface area contributed by atoms with E-state index in [4.69, 9.17) is 0 Å². The topological polar surface area (TPSA) is 88.5 Å². The minimum absolute atomic E-state index is 0.0300. The predicted octanol–water partition coefficient (Wildman–Crippen LogP) is 7.03. The van der Waals surface area contributed by atoms with Crippen LogP contribution in [-0.4, -0.2) is 24.5 Å². The van der Waals surface area contributed by atoms with Crippen molar-refractivity contribution in [2.45, 2.75) is 109 Å². The molecule has 6 heteroatoms. The summed E-state index contributed by atoms with van der Waals surface area (Å²) >= 11 is 0. The number of unbranched alkanes of at least 4 members (excludes halogenated alkanes) is 8. The quantitative estimate of drug-likeness (QED) is 0.191. The van der Waals surface area contributed by atoms with Gasteiger partial charge in [-0.2, -0.15) is 8.42 Å². The average Bonchev–Trinajstić information content (AvgIpc) is 2.79. The monoisotopic (exact) mass is 488 g/mol. The number of carbonyl (C=O) groups excluding carboxylic acids is 2. The van der Waals surface area contributed by atoms with E-state index in [0.29, 0.717) is 23.8 Å². The standard InChI is InChI=1S/C28H40O5S/c1-3-5-7-9-11-16-23(29)20-26-25-18-14-13-15-22(25)19-28(34(31,32)33)27(26)21-24(30)17-12-10-8-6-4-2/h13-15,18-19H,3-12,16-17,20-21H2,1-2H3,(H,31,32,33). The smallest absolute Gasteiger partial charge is 0.294 e. The molecule has 0 aliphatic heterocycles. The maximum absolute atomic E-state index is 12.9. The van der Waals surface area contributed by atoms with Crippen LogP contribution in [0.2, 0.25) is 0 Å². The van der Waals surface area contributed by atoms with Crippen molar-refractivity contribution in [2.24, 2.45) is 0 Å². The highest BCUT2D eigenvalue weighted by atomic mass is 32.2. The van der Waals surface area contributed by atoms with Crippen molar-refractivity contribution in [3.63, 3.8) is 0 Å². The Labute approximate surface area is 205 Å². The Morgan fingerprint density at radius 1 is 0.735 bits per heavy atom. The summed E-state index contributed by atoms with van der Waals surface area (Å²) in [5.74, 6) is -0.0349. The first-order chi connectivity index (χ1) is 16.3. The Balaban J connectivity index is 2.32. The summed E-state index contributed by atoms with van der Waals surface area (Å²) in [6, 6.07) is 8.67. The van der Waals surface area contributed by atoms with Gasteiger partial charge in [0, 0.05) is 25.7 Å². The second-order valence-electron chi connectivity index (χ2n) is 9.29. The van der Waals surface area contributed by atoms with E-state index in [1.165, 1.54) is 6.07 Å². The van der Waals surface area contributed by atoms with E-state index < -0.39 is 10.1 Å². The van der Waals surface area contributed by atoms with E-state index in [-0.39, 0.29) is 34.9 Å². The Hall–Kier alpha value is -2.05. The molecule has 0 aliphatic carbocycles. The van der Waals surface area contributed by atoms with E-state index in [9.17, 15) is 22.6 Å². The van der Waals surface area contributed by atoms with Crippen LogP contribution in [-0.2, 0) is 32.5 Å². The summed E-state index contributed by atoms with van der Waals surface area (Å²) < 4.78 is 34.5. The van der Waals surface area contributed by atoms with Crippen LogP contribution in [0, 0.1) is 0 Å². The number of ketones is 2. The fourth-order valence-corrected chi connectivity index (χ4v) is 5.27. The second-order valence-corrected chi connectivity index (χ2v) is 10.7. The summed E-state index contributed by atoms with van der Waals surface area (Å²) in [6.07, 6.45) is 11.0. The third kappa shape index (κ3) is 8.95. The summed E-state index contributed by atoms with van der Waals surface area (Å²) in [7, 11) is -4.55. The first kappa shape index (κ1) is 28.2. The van der Waals surface area contributed by atoms with Crippen molar-refractivity contribution in [3.05, 3.63) is 41.5 Å². The third-order valence-corrected chi connectivity index (χ3v) is 7.30. The Kier molecular flexibility index (Phi) is 11.9. The minimum atomic E-state index is -4.55. The van der Waals surface area contributed by atoms with Gasteiger partial charge in [0.25, 0.3) is 10.1 Å². The highest BCUT2D eigenvalue weighted by Crippen LogP contribution is 2.31. The van der Waals surface area contributed by atoms with Crippen LogP contribution in [0.5, 0.6) is 0 Å². The second kappa shape index (κ2) is 14.4. The fraction of sp³-hybridized carbons (Fsp3) is 0.571. The van der Waals surface area contributed by atoms with Crippen molar-refractivity contribution in [2.75, 3.05) is 0 Å². The maximum Gasteiger partial charge on any atom is 0.294 e. The molecule has 34 heavy (non-hydrogen) atoms. The summed E-state index contributed by atoms with van der Waals surface area (Å²) in [5.41, 5.74) is 0.836. The Bertz CT molecular complexity index is 1060. The van der Waals surface area contributed by atoms with Gasteiger partial charge >= 0.3 is 0 Å². The van der Waals surface area contributed by atoms with Crippen molar-refractivity contribution < 1.29 is 22.6 Å². The molecule has 0 unspecified atom stereocenters. The van der Waals surface area contributed by atoms with Gasteiger partial charge in [-0.1, -0.05) is 89.5 Å². The molecule has 188 valence electrons. The van der Waals surface area contributed by atoms with Gasteiger partial charge in [-0.25, -0.2) is 0 Å². The number of rotatable bonds is 17. The molecule has 2 rings (SSSR count). The van der Waals surface area contributed by atoms with Crippen LogP contribution < -0.4 is 0 Å². The number of hydrogen-bond acceptors (Lipinski definition) is 4. The molecule has 0 fully saturated rings. The van der Waals surface area contributed by atoms with E-state index in [1.807, 2.05) is 12.1 Å². The van der Waals surface area contributed by atoms with Gasteiger partial charge in [-0.15, -0.1) is 0 Å². The molecule has 0 amide bonds. The van der Waals surface area contributed by atoms with E-state index in [0.717, 1.165) is 69.6 Å². The molecule has 0 spiro atoms. The normalized spacial score (nSPS) is 11.7. The molecule has 0 atom stereocenters. The van der Waals surface area contributed by atoms with E-state index in [2.05, 4.69) is 13.8 Å². The zero-order valence-electron chi connectivity index (χ0n) is 20.8. The number of fused-ring (bicyclic) bond motifs is 1. The minimum Gasteiger partial charge on any atom is -0.299 e. The molecule has 0 heterocycles. The summed E-state index contributed by atoms with van der Waals surface area (Å²) in [4.78, 5) is 25.4. The van der Waals surface area contributed by atoms with Crippen molar-refractivity contribution in [1.82, 2.24) is 0 Å². The van der Waals surface area contributed by atoms with Gasteiger partial charge in [-0.3, -0.25) is 14.1 Å². The predicted molar refractivity (Wildman–Crippen MR) is 138 cm³/mol. The lowest BCUT2D eigenvalue weighted by Crippen LogP contribution is -2.14. The van der Waals surface area contributed by atoms with Gasteiger partial charge < -0.3 is 0 Å². The lowest BCUT2D eigenvalue weighted by atomic mass is 9.90. The van der Waals surface area contributed by atoms with Crippen LogP contribution in [0.4, 0.5) is 0 Å². The lowest BCUT2D eigenvalue weighted by molar-refractivity contribution is -0.119. The molecule has 0 saturated heterocycles. The number of hydrogen-bond donors (Lipinski definition) is 1. The molecular weight excluding hydrogens is 448 g/mol. The largest absolute Gasteiger partial charge is 0.299 e. The van der Waals surface area contributed by atoms with Crippen LogP contribution >= 0.6 is 0 Å². The van der Waals surface area contributed by atoms with Gasteiger partial charge in [-0.05, 0) is 40.8 Å². The molecular formula is C28H40O5S. The van der Waals surface area contributed by atoms with Crippen molar-refractivity contribution in [1.29, 1.82) is 0 Å². The maximum atomic E-state index is 12.9. The van der Waals surface area contributed by atoms with Gasteiger partial charge in [0.15, 0.2) is 0 Å². The van der Waals surface area contributed by atoms with E-state index >= 15 is 0 Å². The van der Waals surface area contributed by atoms with Crippen LogP contribution in [0.1, 0.15) is 102 Å². The van der Waals surface area contributed by atoms with Crippen LogP contribution in [0.3, 0.4) is 0 Å². The number of carbonyl (C=O) groups is 2. The van der Waals surface area contributed by atoms with Crippen molar-refractivity contribution in [3.8, 4) is 0 Å². The van der Waals surface area contributed by atoms with Gasteiger partial charge in [0.1, 0.15) is 11.6 Å². The molecule has 0 bridgehead atoms. The summed E-state index contributed by atoms with van der Waals surface area (Å²) in [6.45, 7) is 4.28. The van der Waals surface area contributed by atoms with Gasteiger partial charge in [0.2, 0.25) is 0 Å². The van der Waals surface area contributed by atoms with Crippen LogP contribution in [0.25, 0.3) is 10.8 Å². The molecule has 2 aromatic carbocycles. The molecule has 2 aromatic rings. The number of Topliss-reactive ketones (excluding diaryl/α,β-unsaturated/α-hetero) is 2. The van der Waals surface area contributed by atoms with E-state index in [1.54, 1.807) is 12.1 Å². The third-order valence-electron chi connectivity index (χ3n) is 6.38. The summed E-state index contributed by atoms with van der Waals surface area (Å²) in [5, 5.41) is 1.40. The zero-order valence-corrected chi connectivity index (χ0v) is 21.6. The molecule has 0 saturated carbocycles. The first-order valence-electron chi connectivity index (χ1n) is 12.8. The van der Waals surface area contributed by atoms with Gasteiger partial charge in [0.05, 0.1) is 4.90 Å². The highest BCUT2D eigenvalue weighted by Gasteiger charge is 2.24. The fourth-order valence-electron chi connectivity index (χ4n) is 4.49. The molecule has 0 aliphatic rings. The average molecular weight is 489 g/mol. The molecule has 0 aromatic heterocycles. The Morgan fingerprint density at radius 2 is 1.24 bits per heavy atom. The SMILES string of the molecule is CCCCCCCC(=O)Cc1c(S(=O)(=O)O)cc2ccccc2c1CC(=O)CCCCCCC.